The van der Waals surface area contributed by atoms with Gasteiger partial charge in [-0.1, -0.05) is 50.6 Å². The highest BCUT2D eigenvalue weighted by molar-refractivity contribution is 14.0. The van der Waals surface area contributed by atoms with Gasteiger partial charge in [0.25, 0.3) is 0 Å². The third kappa shape index (κ3) is 7.11. The van der Waals surface area contributed by atoms with Crippen molar-refractivity contribution in [2.75, 3.05) is 13.6 Å². The summed E-state index contributed by atoms with van der Waals surface area (Å²) in [7, 11) is 1.77. The number of aliphatic imine (C=N–C) groups is 1. The summed E-state index contributed by atoms with van der Waals surface area (Å²) in [5, 5.41) is 10.7. The van der Waals surface area contributed by atoms with Crippen LogP contribution < -0.4 is 10.6 Å². The van der Waals surface area contributed by atoms with Crippen molar-refractivity contribution in [3.8, 4) is 0 Å². The maximum absolute atomic E-state index is 6.17. The van der Waals surface area contributed by atoms with Crippen LogP contribution in [-0.4, -0.2) is 24.5 Å². The summed E-state index contributed by atoms with van der Waals surface area (Å²) in [5.41, 5.74) is 2.31. The molecule has 1 heterocycles. The summed E-state index contributed by atoms with van der Waals surface area (Å²) in [5.74, 6) is 0.766. The standard InChI is InChI=1S/C18H25ClN4S.HI/c1-18(2,3)15-12-24-16(23-15)9-10-21-17(20-4)22-11-13-7-5-6-8-14(13)19;/h5-8,12H,9-11H2,1-4H3,(H2,20,21,22);1H. The van der Waals surface area contributed by atoms with E-state index in [9.17, 15) is 0 Å². The van der Waals surface area contributed by atoms with Gasteiger partial charge in [-0.25, -0.2) is 4.98 Å². The van der Waals surface area contributed by atoms with Crippen LogP contribution in [0.25, 0.3) is 0 Å². The smallest absolute Gasteiger partial charge is 0.191 e. The largest absolute Gasteiger partial charge is 0.356 e. The number of hydrogen-bond acceptors (Lipinski definition) is 3. The molecule has 2 N–H and O–H groups in total. The normalized spacial score (nSPS) is 11.8. The van der Waals surface area contributed by atoms with Crippen LogP contribution in [0.3, 0.4) is 0 Å². The SMILES string of the molecule is CN=C(NCCc1nc(C(C)(C)C)cs1)NCc1ccccc1Cl.I. The van der Waals surface area contributed by atoms with E-state index in [1.54, 1.807) is 18.4 Å². The first kappa shape index (κ1) is 22.2. The van der Waals surface area contributed by atoms with Crippen LogP contribution >= 0.6 is 46.9 Å². The summed E-state index contributed by atoms with van der Waals surface area (Å²) >= 11 is 7.89. The van der Waals surface area contributed by atoms with Crippen molar-refractivity contribution >= 4 is 52.9 Å². The van der Waals surface area contributed by atoms with E-state index in [4.69, 9.17) is 16.6 Å². The fraction of sp³-hybridized carbons (Fsp3) is 0.444. The Morgan fingerprint density at radius 2 is 1.96 bits per heavy atom. The van der Waals surface area contributed by atoms with Crippen molar-refractivity contribution in [3.63, 3.8) is 0 Å². The molecule has 25 heavy (non-hydrogen) atoms. The van der Waals surface area contributed by atoms with Gasteiger partial charge >= 0.3 is 0 Å². The molecule has 7 heteroatoms. The zero-order chi connectivity index (χ0) is 17.6. The second-order valence-corrected chi connectivity index (χ2v) is 7.92. The summed E-state index contributed by atoms with van der Waals surface area (Å²) < 4.78 is 0. The van der Waals surface area contributed by atoms with E-state index < -0.39 is 0 Å². The molecule has 138 valence electrons. The zero-order valence-corrected chi connectivity index (χ0v) is 19.0. The lowest BCUT2D eigenvalue weighted by atomic mass is 9.93. The van der Waals surface area contributed by atoms with E-state index in [1.165, 1.54) is 0 Å². The molecule has 2 aromatic rings. The van der Waals surface area contributed by atoms with Gasteiger partial charge in [0.2, 0.25) is 0 Å². The zero-order valence-electron chi connectivity index (χ0n) is 15.1. The van der Waals surface area contributed by atoms with E-state index >= 15 is 0 Å². The van der Waals surface area contributed by atoms with Crippen LogP contribution in [0.15, 0.2) is 34.6 Å². The maximum Gasteiger partial charge on any atom is 0.191 e. The fourth-order valence-electron chi connectivity index (χ4n) is 2.10. The van der Waals surface area contributed by atoms with Gasteiger partial charge in [-0.15, -0.1) is 35.3 Å². The lowest BCUT2D eigenvalue weighted by Crippen LogP contribution is -2.37. The topological polar surface area (TPSA) is 49.3 Å². The average molecular weight is 493 g/mol. The third-order valence-corrected chi connectivity index (χ3v) is 4.86. The minimum atomic E-state index is 0. The number of nitrogens with zero attached hydrogens (tertiary/aromatic N) is 2. The molecule has 1 aromatic carbocycles. The summed E-state index contributed by atoms with van der Waals surface area (Å²) in [4.78, 5) is 8.95. The molecule has 1 aromatic heterocycles. The molecule has 0 bridgehead atoms. The molecule has 0 radical (unpaired) electrons. The second kappa shape index (κ2) is 10.3. The predicted molar refractivity (Wildman–Crippen MR) is 120 cm³/mol. The van der Waals surface area contributed by atoms with E-state index in [0.717, 1.165) is 40.2 Å². The fourth-order valence-corrected chi connectivity index (χ4v) is 3.33. The molecule has 0 aliphatic heterocycles. The van der Waals surface area contributed by atoms with Crippen LogP contribution in [0.1, 0.15) is 37.0 Å². The van der Waals surface area contributed by atoms with Crippen molar-refractivity contribution in [2.45, 2.75) is 39.2 Å². The Hall–Kier alpha value is -0.860. The minimum absolute atomic E-state index is 0. The van der Waals surface area contributed by atoms with E-state index in [-0.39, 0.29) is 29.4 Å². The molecule has 0 aliphatic carbocycles. The van der Waals surface area contributed by atoms with Crippen LogP contribution in [-0.2, 0) is 18.4 Å². The molecule has 0 saturated heterocycles. The highest BCUT2D eigenvalue weighted by Crippen LogP contribution is 2.23. The Bertz CT molecular complexity index is 694. The van der Waals surface area contributed by atoms with Gasteiger partial charge in [0, 0.05) is 42.4 Å². The lowest BCUT2D eigenvalue weighted by molar-refractivity contribution is 0.570. The van der Waals surface area contributed by atoms with Crippen molar-refractivity contribution in [1.82, 2.24) is 15.6 Å². The number of aromatic nitrogens is 1. The Balaban J connectivity index is 0.00000312. The maximum atomic E-state index is 6.17. The molecule has 0 unspecified atom stereocenters. The second-order valence-electron chi connectivity index (χ2n) is 6.57. The van der Waals surface area contributed by atoms with Gasteiger partial charge in [-0.2, -0.15) is 0 Å². The number of guanidine groups is 1. The van der Waals surface area contributed by atoms with Crippen molar-refractivity contribution in [3.05, 3.63) is 50.9 Å². The van der Waals surface area contributed by atoms with Gasteiger partial charge in [-0.3, -0.25) is 4.99 Å². The number of benzene rings is 1. The van der Waals surface area contributed by atoms with E-state index in [0.29, 0.717) is 6.54 Å². The Kier molecular flexibility index (Phi) is 9.16. The van der Waals surface area contributed by atoms with Gasteiger partial charge in [0.05, 0.1) is 10.7 Å². The van der Waals surface area contributed by atoms with Gasteiger partial charge in [-0.05, 0) is 11.6 Å². The highest BCUT2D eigenvalue weighted by Gasteiger charge is 2.17. The third-order valence-electron chi connectivity index (χ3n) is 3.58. The average Bonchev–Trinajstić information content (AvgIpc) is 3.01. The van der Waals surface area contributed by atoms with Crippen molar-refractivity contribution in [2.24, 2.45) is 4.99 Å². The van der Waals surface area contributed by atoms with E-state index in [2.05, 4.69) is 41.8 Å². The summed E-state index contributed by atoms with van der Waals surface area (Å²) in [6, 6.07) is 7.81. The van der Waals surface area contributed by atoms with Crippen LogP contribution in [0.4, 0.5) is 0 Å². The first-order chi connectivity index (χ1) is 11.4. The number of rotatable bonds is 5. The molecule has 0 amide bonds. The number of nitrogens with one attached hydrogen (secondary N) is 2. The molecule has 0 atom stereocenters. The summed E-state index contributed by atoms with van der Waals surface area (Å²) in [6.45, 7) is 7.99. The Morgan fingerprint density at radius 1 is 1.24 bits per heavy atom. The molecule has 0 saturated carbocycles. The van der Waals surface area contributed by atoms with Gasteiger partial charge in [0.15, 0.2) is 5.96 Å². The number of halogens is 2. The minimum Gasteiger partial charge on any atom is -0.356 e. The van der Waals surface area contributed by atoms with E-state index in [1.807, 2.05) is 24.3 Å². The highest BCUT2D eigenvalue weighted by atomic mass is 127. The molecular weight excluding hydrogens is 467 g/mol. The number of thiazole rings is 1. The quantitative estimate of drug-likeness (QED) is 0.364. The molecule has 2 rings (SSSR count). The molecule has 0 fully saturated rings. The van der Waals surface area contributed by atoms with Gasteiger partial charge in [0.1, 0.15) is 0 Å². The first-order valence-corrected chi connectivity index (χ1v) is 9.28. The summed E-state index contributed by atoms with van der Waals surface area (Å²) in [6.07, 6.45) is 0.882. The number of hydrogen-bond donors (Lipinski definition) is 2. The van der Waals surface area contributed by atoms with Crippen LogP contribution in [0.5, 0.6) is 0 Å². The first-order valence-electron chi connectivity index (χ1n) is 8.03. The molecular formula is C18H26ClIN4S. The molecule has 0 aliphatic rings. The van der Waals surface area contributed by atoms with Crippen molar-refractivity contribution in [1.29, 1.82) is 0 Å². The Morgan fingerprint density at radius 3 is 2.56 bits per heavy atom. The predicted octanol–water partition coefficient (Wildman–Crippen LogP) is 4.62. The monoisotopic (exact) mass is 492 g/mol. The molecule has 4 nitrogen and oxygen atoms in total. The van der Waals surface area contributed by atoms with Gasteiger partial charge < -0.3 is 10.6 Å². The van der Waals surface area contributed by atoms with Crippen molar-refractivity contribution < 1.29 is 0 Å². The van der Waals surface area contributed by atoms with Crippen LogP contribution in [0.2, 0.25) is 5.02 Å². The lowest BCUT2D eigenvalue weighted by Gasteiger charge is -2.14. The molecule has 0 spiro atoms. The Labute approximate surface area is 176 Å². The van der Waals surface area contributed by atoms with Crippen LogP contribution in [0, 0.1) is 0 Å².